The Labute approximate surface area is 195 Å². The summed E-state index contributed by atoms with van der Waals surface area (Å²) in [7, 11) is 4.12. The summed E-state index contributed by atoms with van der Waals surface area (Å²) in [6, 6.07) is 8.70. The molecule has 2 aliphatic rings. The van der Waals surface area contributed by atoms with Gasteiger partial charge in [0.25, 0.3) is 5.91 Å². The van der Waals surface area contributed by atoms with Crippen molar-refractivity contribution in [1.29, 1.82) is 0 Å². The molecule has 2 unspecified atom stereocenters. The van der Waals surface area contributed by atoms with Gasteiger partial charge in [0.1, 0.15) is 6.04 Å². The van der Waals surface area contributed by atoms with E-state index in [1.165, 1.54) is 19.3 Å². The number of hydrogen-bond donors (Lipinski definition) is 4. The average molecular weight is 459 g/mol. The predicted molar refractivity (Wildman–Crippen MR) is 129 cm³/mol. The number of carboxylic acids is 1. The van der Waals surface area contributed by atoms with Crippen molar-refractivity contribution in [2.24, 2.45) is 18.5 Å². The standard InChI is InChI=1S/C18H24N4O.C6H14N2O2/c1-21-13-6-5-7-14(21)11-12(10-13)19-18(23)17-15-8-3-4-9-16(15)22(2)20-17;7-4-2-1-3-5(8)6(9)10/h3-4,8-9,12-14H,5-7,10-11H2,1-2H3,(H,19,23);5H,1-4,7-8H2,(H,9,10)/t12?,13-,14+;. The van der Waals surface area contributed by atoms with Gasteiger partial charge in [-0.25, -0.2) is 0 Å². The Balaban J connectivity index is 0.000000262. The number of carboxylic acid groups (broad SMARTS) is 1. The highest BCUT2D eigenvalue weighted by atomic mass is 16.4. The third-order valence-electron chi connectivity index (χ3n) is 6.93. The zero-order valence-corrected chi connectivity index (χ0v) is 19.7. The Morgan fingerprint density at radius 2 is 1.85 bits per heavy atom. The number of carbonyl (C=O) groups excluding carboxylic acids is 1. The Hall–Kier alpha value is -2.49. The second-order valence-electron chi connectivity index (χ2n) is 9.26. The maximum absolute atomic E-state index is 12.7. The molecule has 0 radical (unpaired) electrons. The van der Waals surface area contributed by atoms with Crippen molar-refractivity contribution in [2.45, 2.75) is 75.5 Å². The molecule has 2 aromatic rings. The van der Waals surface area contributed by atoms with E-state index in [2.05, 4.69) is 22.4 Å². The minimum Gasteiger partial charge on any atom is -0.480 e. The lowest BCUT2D eigenvalue weighted by Gasteiger charge is -2.47. The Morgan fingerprint density at radius 3 is 2.48 bits per heavy atom. The van der Waals surface area contributed by atoms with Gasteiger partial charge in [-0.2, -0.15) is 5.10 Å². The molecule has 9 heteroatoms. The number of amides is 1. The Bertz CT molecular complexity index is 931. The average Bonchev–Trinajstić information content (AvgIpc) is 3.12. The second kappa shape index (κ2) is 11.6. The highest BCUT2D eigenvalue weighted by Crippen LogP contribution is 2.32. The fraction of sp³-hybridized carbons (Fsp3) is 0.625. The molecule has 6 N–H and O–H groups in total. The molecule has 2 aliphatic heterocycles. The summed E-state index contributed by atoms with van der Waals surface area (Å²) < 4.78 is 1.79. The van der Waals surface area contributed by atoms with E-state index in [1.54, 1.807) is 4.68 Å². The zero-order valence-electron chi connectivity index (χ0n) is 19.7. The molecule has 3 heterocycles. The molecule has 2 fully saturated rings. The molecular weight excluding hydrogens is 420 g/mol. The van der Waals surface area contributed by atoms with Crippen LogP contribution in [0, 0.1) is 0 Å². The first-order chi connectivity index (χ1) is 15.8. The number of fused-ring (bicyclic) bond motifs is 3. The highest BCUT2D eigenvalue weighted by molar-refractivity contribution is 6.04. The number of rotatable bonds is 7. The van der Waals surface area contributed by atoms with Gasteiger partial charge in [-0.15, -0.1) is 0 Å². The van der Waals surface area contributed by atoms with Gasteiger partial charge < -0.3 is 26.8 Å². The fourth-order valence-electron chi connectivity index (χ4n) is 5.00. The van der Waals surface area contributed by atoms with E-state index in [9.17, 15) is 9.59 Å². The summed E-state index contributed by atoms with van der Waals surface area (Å²) >= 11 is 0. The lowest BCUT2D eigenvalue weighted by atomic mass is 9.82. The van der Waals surface area contributed by atoms with Crippen molar-refractivity contribution in [1.82, 2.24) is 20.0 Å². The number of aliphatic carboxylic acids is 1. The van der Waals surface area contributed by atoms with Crippen molar-refractivity contribution in [3.8, 4) is 0 Å². The van der Waals surface area contributed by atoms with Crippen LogP contribution in [0.2, 0.25) is 0 Å². The zero-order chi connectivity index (χ0) is 24.0. The summed E-state index contributed by atoms with van der Waals surface area (Å²) in [5.41, 5.74) is 12.0. The number of nitrogens with one attached hydrogen (secondary N) is 1. The quantitative estimate of drug-likeness (QED) is 0.464. The SMILES string of the molecule is CN1[C@@H]2CCC[C@H]1CC(NC(=O)c1nn(C)c3ccccc13)C2.NCCCCC(N)C(=O)O. The summed E-state index contributed by atoms with van der Waals surface area (Å²) in [4.78, 5) is 25.4. The van der Waals surface area contributed by atoms with E-state index in [0.29, 0.717) is 30.7 Å². The molecule has 2 bridgehead atoms. The number of hydrogen-bond acceptors (Lipinski definition) is 6. The minimum absolute atomic E-state index is 0.0329. The first kappa shape index (κ1) is 25.1. The normalized spacial score (nSPS) is 23.5. The molecule has 33 heavy (non-hydrogen) atoms. The van der Waals surface area contributed by atoms with Crippen LogP contribution < -0.4 is 16.8 Å². The van der Waals surface area contributed by atoms with Crippen molar-refractivity contribution < 1.29 is 14.7 Å². The number of aryl methyl sites for hydroxylation is 1. The van der Waals surface area contributed by atoms with E-state index < -0.39 is 12.0 Å². The monoisotopic (exact) mass is 458 g/mol. The topological polar surface area (TPSA) is 140 Å². The first-order valence-electron chi connectivity index (χ1n) is 11.9. The van der Waals surface area contributed by atoms with Crippen LogP contribution in [0.1, 0.15) is 61.9 Å². The van der Waals surface area contributed by atoms with E-state index in [0.717, 1.165) is 36.6 Å². The molecule has 2 saturated heterocycles. The van der Waals surface area contributed by atoms with Crippen molar-refractivity contribution >= 4 is 22.8 Å². The number of para-hydroxylation sites is 1. The molecule has 4 atom stereocenters. The maximum Gasteiger partial charge on any atom is 0.320 e. The van der Waals surface area contributed by atoms with Gasteiger partial charge in [0.15, 0.2) is 5.69 Å². The van der Waals surface area contributed by atoms with Crippen LogP contribution in [-0.2, 0) is 11.8 Å². The Kier molecular flexibility index (Phi) is 8.82. The third-order valence-corrected chi connectivity index (χ3v) is 6.93. The first-order valence-corrected chi connectivity index (χ1v) is 11.9. The van der Waals surface area contributed by atoms with Crippen molar-refractivity contribution in [3.63, 3.8) is 0 Å². The molecule has 4 rings (SSSR count). The van der Waals surface area contributed by atoms with Crippen molar-refractivity contribution in [2.75, 3.05) is 13.6 Å². The molecule has 182 valence electrons. The van der Waals surface area contributed by atoms with Crippen LogP contribution in [0.5, 0.6) is 0 Å². The molecule has 1 aromatic carbocycles. The summed E-state index contributed by atoms with van der Waals surface area (Å²) in [5.74, 6) is -0.966. The van der Waals surface area contributed by atoms with E-state index >= 15 is 0 Å². The summed E-state index contributed by atoms with van der Waals surface area (Å²) in [6.45, 7) is 0.604. The van der Waals surface area contributed by atoms with Crippen molar-refractivity contribution in [3.05, 3.63) is 30.0 Å². The van der Waals surface area contributed by atoms with Crippen LogP contribution in [0.15, 0.2) is 24.3 Å². The van der Waals surface area contributed by atoms with E-state index in [4.69, 9.17) is 16.6 Å². The van der Waals surface area contributed by atoms with Gasteiger partial charge in [-0.3, -0.25) is 14.3 Å². The minimum atomic E-state index is -0.933. The number of nitrogens with zero attached hydrogens (tertiary/aromatic N) is 3. The van der Waals surface area contributed by atoms with Crippen LogP contribution in [0.25, 0.3) is 10.9 Å². The number of piperidine rings is 2. The van der Waals surface area contributed by atoms with Gasteiger partial charge in [-0.1, -0.05) is 31.0 Å². The number of unbranched alkanes of at least 4 members (excludes halogenated alkanes) is 1. The van der Waals surface area contributed by atoms with Crippen LogP contribution in [0.4, 0.5) is 0 Å². The molecule has 1 amide bonds. The maximum atomic E-state index is 12.7. The molecule has 1 aromatic heterocycles. The van der Waals surface area contributed by atoms with E-state index in [1.807, 2.05) is 31.3 Å². The van der Waals surface area contributed by atoms with Crippen LogP contribution in [-0.4, -0.2) is 69.4 Å². The number of carbonyl (C=O) groups is 2. The highest BCUT2D eigenvalue weighted by Gasteiger charge is 2.36. The summed E-state index contributed by atoms with van der Waals surface area (Å²) in [5, 5.41) is 16.9. The fourth-order valence-corrected chi connectivity index (χ4v) is 5.00. The lowest BCUT2D eigenvalue weighted by Crippen LogP contribution is -2.55. The van der Waals surface area contributed by atoms with E-state index in [-0.39, 0.29) is 11.9 Å². The molecule has 0 saturated carbocycles. The number of nitrogens with two attached hydrogens (primary N) is 2. The number of benzene rings is 1. The molecule has 9 nitrogen and oxygen atoms in total. The molecule has 0 spiro atoms. The molecule has 0 aliphatic carbocycles. The van der Waals surface area contributed by atoms with Gasteiger partial charge in [0.05, 0.1) is 5.52 Å². The van der Waals surface area contributed by atoms with Gasteiger partial charge in [0.2, 0.25) is 0 Å². The van der Waals surface area contributed by atoms with Crippen LogP contribution in [0.3, 0.4) is 0 Å². The number of aromatic nitrogens is 2. The third kappa shape index (κ3) is 6.31. The lowest BCUT2D eigenvalue weighted by molar-refractivity contribution is -0.138. The smallest absolute Gasteiger partial charge is 0.320 e. The molecular formula is C24H38N6O3. The van der Waals surface area contributed by atoms with Gasteiger partial charge >= 0.3 is 5.97 Å². The van der Waals surface area contributed by atoms with Gasteiger partial charge in [0, 0.05) is 30.6 Å². The summed E-state index contributed by atoms with van der Waals surface area (Å²) in [6.07, 6.45) is 8.12. The van der Waals surface area contributed by atoms with Gasteiger partial charge in [-0.05, 0) is 58.2 Å². The Morgan fingerprint density at radius 1 is 1.18 bits per heavy atom. The second-order valence-corrected chi connectivity index (χ2v) is 9.26. The predicted octanol–water partition coefficient (Wildman–Crippen LogP) is 1.85. The largest absolute Gasteiger partial charge is 0.480 e. The van der Waals surface area contributed by atoms with Crippen LogP contribution >= 0.6 is 0 Å².